The van der Waals surface area contributed by atoms with Crippen LogP contribution in [0.5, 0.6) is 0 Å². The Balaban J connectivity index is 1.65. The molecule has 0 radical (unpaired) electrons. The number of hydrogen-bond acceptors (Lipinski definition) is 6. The first-order valence-corrected chi connectivity index (χ1v) is 8.74. The highest BCUT2D eigenvalue weighted by Crippen LogP contribution is 2.47. The number of amides is 3. The lowest BCUT2D eigenvalue weighted by Gasteiger charge is -2.32. The number of rotatable bonds is 5. The Bertz CT molecular complexity index is 810. The number of esters is 1. The number of carbonyl (C=O) groups excluding carboxylic acids is 3. The minimum atomic E-state index is -0.981. The molecule has 3 amide bonds. The van der Waals surface area contributed by atoms with Crippen LogP contribution in [-0.2, 0) is 14.3 Å². The van der Waals surface area contributed by atoms with Crippen LogP contribution in [0.15, 0.2) is 58.3 Å². The summed E-state index contributed by atoms with van der Waals surface area (Å²) in [7, 11) is 0. The van der Waals surface area contributed by atoms with Gasteiger partial charge < -0.3 is 15.4 Å². The fraction of sp³-hybridized carbons (Fsp3) is 0.167. The summed E-state index contributed by atoms with van der Waals surface area (Å²) < 4.78 is 4.88. The second-order valence-corrected chi connectivity index (χ2v) is 6.60. The van der Waals surface area contributed by atoms with E-state index >= 15 is 0 Å². The number of fused-ring (bicyclic) bond motifs is 2. The van der Waals surface area contributed by atoms with Crippen LogP contribution in [0.1, 0.15) is 6.42 Å². The fourth-order valence-corrected chi connectivity index (χ4v) is 3.71. The Morgan fingerprint density at radius 1 is 1.00 bits per heavy atom. The van der Waals surface area contributed by atoms with Crippen LogP contribution < -0.4 is 16.0 Å². The molecule has 3 N–H and O–H groups in total. The van der Waals surface area contributed by atoms with Crippen molar-refractivity contribution in [1.82, 2.24) is 5.32 Å². The maximum atomic E-state index is 11.9. The number of anilines is 2. The first-order valence-electron chi connectivity index (χ1n) is 7.93. The summed E-state index contributed by atoms with van der Waals surface area (Å²) >= 11 is 1.69. The van der Waals surface area contributed by atoms with Gasteiger partial charge in [0.2, 0.25) is 0 Å². The van der Waals surface area contributed by atoms with Gasteiger partial charge in [0.25, 0.3) is 5.91 Å². The van der Waals surface area contributed by atoms with Crippen LogP contribution in [0.3, 0.4) is 0 Å². The van der Waals surface area contributed by atoms with Gasteiger partial charge in [0.05, 0.1) is 17.8 Å². The number of ether oxygens (including phenoxy) is 1. The number of primary amides is 1. The second kappa shape index (κ2) is 7.92. The third kappa shape index (κ3) is 4.15. The van der Waals surface area contributed by atoms with Crippen molar-refractivity contribution in [3.8, 4) is 0 Å². The molecule has 0 fully saturated rings. The van der Waals surface area contributed by atoms with E-state index in [4.69, 9.17) is 10.5 Å². The molecule has 0 spiro atoms. The topological polar surface area (TPSA) is 102 Å². The molecule has 2 aromatic carbocycles. The Morgan fingerprint density at radius 2 is 1.58 bits per heavy atom. The minimum Gasteiger partial charge on any atom is -0.456 e. The Hall–Kier alpha value is -3.00. The van der Waals surface area contributed by atoms with Gasteiger partial charge in [0, 0.05) is 16.3 Å². The first-order chi connectivity index (χ1) is 12.5. The molecule has 2 aromatic rings. The molecule has 1 heterocycles. The van der Waals surface area contributed by atoms with Crippen LogP contribution >= 0.6 is 11.8 Å². The molecule has 0 atom stereocenters. The van der Waals surface area contributed by atoms with Crippen LogP contribution in [0.4, 0.5) is 16.2 Å². The lowest BCUT2D eigenvalue weighted by atomic mass is 10.2. The smallest absolute Gasteiger partial charge is 0.318 e. The molecule has 0 aliphatic carbocycles. The van der Waals surface area contributed by atoms with Crippen molar-refractivity contribution in [2.45, 2.75) is 16.2 Å². The summed E-state index contributed by atoms with van der Waals surface area (Å²) in [6.45, 7) is -0.129. The van der Waals surface area contributed by atoms with Gasteiger partial charge in [-0.1, -0.05) is 36.0 Å². The van der Waals surface area contributed by atoms with Crippen LogP contribution in [0.25, 0.3) is 0 Å². The third-order valence-electron chi connectivity index (χ3n) is 3.70. The van der Waals surface area contributed by atoms with Gasteiger partial charge in [-0.2, -0.15) is 0 Å². The quantitative estimate of drug-likeness (QED) is 0.783. The molecule has 0 saturated heterocycles. The van der Waals surface area contributed by atoms with Crippen molar-refractivity contribution in [3.05, 3.63) is 48.5 Å². The summed E-state index contributed by atoms with van der Waals surface area (Å²) in [5.41, 5.74) is 6.87. The number of urea groups is 1. The number of nitrogens with one attached hydrogen (secondary N) is 1. The van der Waals surface area contributed by atoms with E-state index in [0.717, 1.165) is 21.2 Å². The minimum absolute atomic E-state index is 0.0944. The lowest BCUT2D eigenvalue weighted by Crippen LogP contribution is -2.38. The maximum Gasteiger partial charge on any atom is 0.318 e. The molecule has 0 bridgehead atoms. The SMILES string of the molecule is NC(=O)NC(=O)COC(=O)CCN1c2ccccc2Sc2ccccc21. The largest absolute Gasteiger partial charge is 0.456 e. The first kappa shape index (κ1) is 17.8. The zero-order chi connectivity index (χ0) is 18.5. The fourth-order valence-electron chi connectivity index (χ4n) is 2.62. The van der Waals surface area contributed by atoms with Gasteiger partial charge in [0.1, 0.15) is 0 Å². The van der Waals surface area contributed by atoms with Crippen molar-refractivity contribution in [2.24, 2.45) is 5.73 Å². The molecule has 0 aromatic heterocycles. The Labute approximate surface area is 154 Å². The summed E-state index contributed by atoms with van der Waals surface area (Å²) in [4.78, 5) is 38.1. The maximum absolute atomic E-state index is 11.9. The summed E-state index contributed by atoms with van der Waals surface area (Å²) in [6, 6.07) is 15.0. The van der Waals surface area contributed by atoms with E-state index < -0.39 is 24.5 Å². The number of nitrogens with zero attached hydrogens (tertiary/aromatic N) is 1. The monoisotopic (exact) mass is 371 g/mol. The molecule has 7 nitrogen and oxygen atoms in total. The van der Waals surface area contributed by atoms with Crippen LogP contribution in [0, 0.1) is 0 Å². The third-order valence-corrected chi connectivity index (χ3v) is 4.83. The van der Waals surface area contributed by atoms with E-state index in [9.17, 15) is 14.4 Å². The highest BCUT2D eigenvalue weighted by Gasteiger charge is 2.23. The highest BCUT2D eigenvalue weighted by atomic mass is 32.2. The Kier molecular flexibility index (Phi) is 5.43. The van der Waals surface area contributed by atoms with Gasteiger partial charge >= 0.3 is 12.0 Å². The van der Waals surface area contributed by atoms with E-state index in [0.29, 0.717) is 6.54 Å². The molecule has 1 aliphatic rings. The van der Waals surface area contributed by atoms with Crippen molar-refractivity contribution in [3.63, 3.8) is 0 Å². The average Bonchev–Trinajstić information content (AvgIpc) is 2.63. The van der Waals surface area contributed by atoms with Gasteiger partial charge in [-0.25, -0.2) is 4.79 Å². The lowest BCUT2D eigenvalue weighted by molar-refractivity contribution is -0.148. The van der Waals surface area contributed by atoms with E-state index in [2.05, 4.69) is 4.90 Å². The van der Waals surface area contributed by atoms with Crippen LogP contribution in [-0.4, -0.2) is 31.1 Å². The molecular weight excluding hydrogens is 354 g/mol. The summed E-state index contributed by atoms with van der Waals surface area (Å²) in [5, 5.41) is 1.84. The molecule has 1 aliphatic heterocycles. The number of carbonyl (C=O) groups is 3. The van der Waals surface area contributed by atoms with E-state index in [1.54, 1.807) is 11.8 Å². The molecule has 134 valence electrons. The van der Waals surface area contributed by atoms with Gasteiger partial charge in [-0.05, 0) is 24.3 Å². The van der Waals surface area contributed by atoms with Crippen molar-refractivity contribution < 1.29 is 19.1 Å². The number of benzene rings is 2. The predicted molar refractivity (Wildman–Crippen MR) is 97.3 cm³/mol. The van der Waals surface area contributed by atoms with E-state index in [-0.39, 0.29) is 6.42 Å². The predicted octanol–water partition coefficient (Wildman–Crippen LogP) is 2.42. The van der Waals surface area contributed by atoms with Crippen molar-refractivity contribution >= 4 is 41.0 Å². The summed E-state index contributed by atoms with van der Waals surface area (Å²) in [5.74, 6) is -1.28. The number of hydrogen-bond donors (Lipinski definition) is 2. The molecule has 0 saturated carbocycles. The van der Waals surface area contributed by atoms with Gasteiger partial charge in [0.15, 0.2) is 6.61 Å². The van der Waals surface area contributed by atoms with Crippen LogP contribution in [0.2, 0.25) is 0 Å². The molecule has 0 unspecified atom stereocenters. The molecule has 3 rings (SSSR count). The second-order valence-electron chi connectivity index (χ2n) is 5.51. The number of nitrogens with two attached hydrogens (primary N) is 1. The number of imide groups is 1. The van der Waals surface area contributed by atoms with Gasteiger partial charge in [-0.15, -0.1) is 0 Å². The molecular formula is C18H17N3O4S. The standard InChI is InChI=1S/C18H17N3O4S/c19-18(24)20-16(22)11-25-17(23)9-10-21-12-5-1-3-7-14(12)26-15-8-4-2-6-13(15)21/h1-8H,9-11H2,(H3,19,20,22,24). The van der Waals surface area contributed by atoms with Gasteiger partial charge in [-0.3, -0.25) is 14.9 Å². The normalized spacial score (nSPS) is 11.9. The highest BCUT2D eigenvalue weighted by molar-refractivity contribution is 7.99. The number of para-hydroxylation sites is 2. The van der Waals surface area contributed by atoms with Crippen molar-refractivity contribution in [1.29, 1.82) is 0 Å². The Morgan fingerprint density at radius 3 is 2.15 bits per heavy atom. The summed E-state index contributed by atoms with van der Waals surface area (Å²) in [6.07, 6.45) is 0.0944. The molecule has 26 heavy (non-hydrogen) atoms. The zero-order valence-corrected chi connectivity index (χ0v) is 14.6. The van der Waals surface area contributed by atoms with E-state index in [1.807, 2.05) is 53.8 Å². The van der Waals surface area contributed by atoms with E-state index in [1.165, 1.54) is 0 Å². The average molecular weight is 371 g/mol. The molecule has 8 heteroatoms. The zero-order valence-electron chi connectivity index (χ0n) is 13.8. The van der Waals surface area contributed by atoms with Crippen molar-refractivity contribution in [2.75, 3.05) is 18.1 Å².